The van der Waals surface area contributed by atoms with Crippen molar-refractivity contribution in [1.82, 2.24) is 19.8 Å². The minimum atomic E-state index is -3.05. The molecule has 1 aromatic rings. The molecule has 3 heterocycles. The summed E-state index contributed by atoms with van der Waals surface area (Å²) in [7, 11) is -3.05. The molecule has 0 bridgehead atoms. The fourth-order valence-electron chi connectivity index (χ4n) is 3.80. The Labute approximate surface area is 161 Å². The number of nitrogens with zero attached hydrogens (tertiary/aromatic N) is 5. The second kappa shape index (κ2) is 8.10. The molecule has 0 aliphatic carbocycles. The predicted molar refractivity (Wildman–Crippen MR) is 105 cm³/mol. The molecule has 3 rings (SSSR count). The van der Waals surface area contributed by atoms with Crippen LogP contribution in [-0.2, 0) is 9.84 Å². The van der Waals surface area contributed by atoms with Crippen LogP contribution in [0, 0.1) is 6.92 Å². The Kier molecular flexibility index (Phi) is 6.00. The summed E-state index contributed by atoms with van der Waals surface area (Å²) in [6.45, 7) is 11.0. The number of piperazine rings is 1. The molecule has 9 heteroatoms. The van der Waals surface area contributed by atoms with Crippen LogP contribution in [0.4, 0.5) is 5.95 Å². The van der Waals surface area contributed by atoms with Gasteiger partial charge in [-0.1, -0.05) is 6.92 Å². The van der Waals surface area contributed by atoms with Crippen LogP contribution in [0.15, 0.2) is 6.07 Å². The molecule has 0 aromatic carbocycles. The zero-order valence-corrected chi connectivity index (χ0v) is 17.2. The van der Waals surface area contributed by atoms with Crippen LogP contribution in [0.5, 0.6) is 0 Å². The number of sulfone groups is 1. The third-order valence-electron chi connectivity index (χ3n) is 5.41. The Morgan fingerprint density at radius 3 is 2.48 bits per heavy atom. The number of anilines is 1. The van der Waals surface area contributed by atoms with Crippen LogP contribution in [0.1, 0.15) is 36.5 Å². The van der Waals surface area contributed by atoms with Gasteiger partial charge in [0, 0.05) is 44.5 Å². The lowest BCUT2D eigenvalue weighted by atomic mass is 10.2. The zero-order valence-electron chi connectivity index (χ0n) is 16.4. The summed E-state index contributed by atoms with van der Waals surface area (Å²) >= 11 is 0. The van der Waals surface area contributed by atoms with Gasteiger partial charge in [0.2, 0.25) is 5.95 Å². The van der Waals surface area contributed by atoms with Crippen molar-refractivity contribution in [3.05, 3.63) is 17.5 Å². The molecular weight excluding hydrogens is 366 g/mol. The van der Waals surface area contributed by atoms with Crippen LogP contribution < -0.4 is 4.90 Å². The Balaban J connectivity index is 1.79. The zero-order chi connectivity index (χ0) is 19.6. The van der Waals surface area contributed by atoms with Gasteiger partial charge in [-0.3, -0.25) is 4.79 Å². The standard InChI is InChI=1S/C18H29N5O3S/c1-4-21-7-9-22(10-8-21)18-19-14(3)12-16(20-18)17(24)23(5-2)15-6-11-27(25,26)13-15/h12,15H,4-11,13H2,1-3H3. The first-order chi connectivity index (χ1) is 12.8. The van der Waals surface area contributed by atoms with Crippen molar-refractivity contribution < 1.29 is 13.2 Å². The first-order valence-electron chi connectivity index (χ1n) is 9.67. The Hall–Kier alpha value is -1.74. The minimum Gasteiger partial charge on any atom is -0.338 e. The van der Waals surface area contributed by atoms with Crippen LogP contribution >= 0.6 is 0 Å². The number of carbonyl (C=O) groups is 1. The first-order valence-corrected chi connectivity index (χ1v) is 11.5. The van der Waals surface area contributed by atoms with E-state index in [1.807, 2.05) is 13.8 Å². The van der Waals surface area contributed by atoms with Crippen molar-refractivity contribution in [3.63, 3.8) is 0 Å². The topological polar surface area (TPSA) is 86.7 Å². The fourth-order valence-corrected chi connectivity index (χ4v) is 5.53. The highest BCUT2D eigenvalue weighted by Crippen LogP contribution is 2.21. The molecule has 1 aromatic heterocycles. The average Bonchev–Trinajstić information content (AvgIpc) is 3.01. The van der Waals surface area contributed by atoms with E-state index in [1.54, 1.807) is 11.0 Å². The molecule has 27 heavy (non-hydrogen) atoms. The molecule has 0 spiro atoms. The molecule has 0 saturated carbocycles. The third-order valence-corrected chi connectivity index (χ3v) is 7.16. The Morgan fingerprint density at radius 2 is 1.93 bits per heavy atom. The molecule has 2 aliphatic heterocycles. The van der Waals surface area contributed by atoms with Gasteiger partial charge < -0.3 is 14.7 Å². The van der Waals surface area contributed by atoms with E-state index < -0.39 is 9.84 Å². The SMILES string of the molecule is CCN1CCN(c2nc(C)cc(C(=O)N(CC)C3CCS(=O)(=O)C3)n2)CC1. The van der Waals surface area contributed by atoms with Crippen molar-refractivity contribution >= 4 is 21.7 Å². The first kappa shape index (κ1) is 20.0. The number of amides is 1. The Morgan fingerprint density at radius 1 is 1.22 bits per heavy atom. The van der Waals surface area contributed by atoms with Gasteiger partial charge in [0.1, 0.15) is 5.69 Å². The van der Waals surface area contributed by atoms with E-state index >= 15 is 0 Å². The lowest BCUT2D eigenvalue weighted by Crippen LogP contribution is -2.47. The summed E-state index contributed by atoms with van der Waals surface area (Å²) in [4.78, 5) is 28.3. The maximum Gasteiger partial charge on any atom is 0.272 e. The van der Waals surface area contributed by atoms with Crippen LogP contribution in [0.2, 0.25) is 0 Å². The Bertz CT molecular complexity index is 790. The minimum absolute atomic E-state index is 0.0441. The molecule has 2 aliphatic rings. The molecule has 2 fully saturated rings. The van der Waals surface area contributed by atoms with Crippen molar-refractivity contribution in [2.24, 2.45) is 0 Å². The molecule has 1 unspecified atom stereocenters. The van der Waals surface area contributed by atoms with Gasteiger partial charge in [-0.05, 0) is 32.9 Å². The van der Waals surface area contributed by atoms with Gasteiger partial charge in [-0.15, -0.1) is 0 Å². The molecule has 2 saturated heterocycles. The fraction of sp³-hybridized carbons (Fsp3) is 0.722. The number of carbonyl (C=O) groups excluding carboxylic acids is 1. The van der Waals surface area contributed by atoms with Gasteiger partial charge >= 0.3 is 0 Å². The highest BCUT2D eigenvalue weighted by molar-refractivity contribution is 7.91. The van der Waals surface area contributed by atoms with Gasteiger partial charge in [0.15, 0.2) is 9.84 Å². The van der Waals surface area contributed by atoms with E-state index in [1.165, 1.54) is 0 Å². The van der Waals surface area contributed by atoms with Gasteiger partial charge in [0.05, 0.1) is 11.5 Å². The maximum atomic E-state index is 13.1. The van der Waals surface area contributed by atoms with E-state index in [9.17, 15) is 13.2 Å². The summed E-state index contributed by atoms with van der Waals surface area (Å²) in [5.74, 6) is 0.572. The van der Waals surface area contributed by atoms with Gasteiger partial charge in [-0.2, -0.15) is 0 Å². The average molecular weight is 396 g/mol. The third kappa shape index (κ3) is 4.57. The lowest BCUT2D eigenvalue weighted by molar-refractivity contribution is 0.0702. The molecule has 0 N–H and O–H groups in total. The highest BCUT2D eigenvalue weighted by Gasteiger charge is 2.35. The number of aryl methyl sites for hydroxylation is 1. The monoisotopic (exact) mass is 395 g/mol. The number of likely N-dealkylation sites (N-methyl/N-ethyl adjacent to an activating group) is 1. The van der Waals surface area contributed by atoms with E-state index in [0.717, 1.165) is 38.4 Å². The lowest BCUT2D eigenvalue weighted by Gasteiger charge is -2.34. The smallest absolute Gasteiger partial charge is 0.272 e. The highest BCUT2D eigenvalue weighted by atomic mass is 32.2. The molecule has 1 amide bonds. The quantitative estimate of drug-likeness (QED) is 0.721. The number of hydrogen-bond acceptors (Lipinski definition) is 7. The maximum absolute atomic E-state index is 13.1. The second-order valence-electron chi connectivity index (χ2n) is 7.26. The second-order valence-corrected chi connectivity index (χ2v) is 9.49. The summed E-state index contributed by atoms with van der Waals surface area (Å²) in [5, 5.41) is 0. The predicted octanol–water partition coefficient (Wildman–Crippen LogP) is 0.576. The molecule has 1 atom stereocenters. The summed E-state index contributed by atoms with van der Waals surface area (Å²) in [6, 6.07) is 1.43. The normalized spacial score (nSPS) is 22.8. The molecule has 8 nitrogen and oxygen atoms in total. The van der Waals surface area contributed by atoms with Gasteiger partial charge in [-0.25, -0.2) is 18.4 Å². The van der Waals surface area contributed by atoms with Crippen molar-refractivity contribution in [1.29, 1.82) is 0 Å². The van der Waals surface area contributed by atoms with Crippen molar-refractivity contribution in [2.75, 3.05) is 55.7 Å². The number of rotatable bonds is 5. The van der Waals surface area contributed by atoms with Gasteiger partial charge in [0.25, 0.3) is 5.91 Å². The van der Waals surface area contributed by atoms with Crippen LogP contribution in [0.25, 0.3) is 0 Å². The van der Waals surface area contributed by atoms with Crippen molar-refractivity contribution in [3.8, 4) is 0 Å². The molecular formula is C18H29N5O3S. The number of aromatic nitrogens is 2. The van der Waals surface area contributed by atoms with Crippen LogP contribution in [-0.4, -0.2) is 90.9 Å². The van der Waals surface area contributed by atoms with Crippen LogP contribution in [0.3, 0.4) is 0 Å². The number of hydrogen-bond donors (Lipinski definition) is 0. The molecule has 150 valence electrons. The van der Waals surface area contributed by atoms with E-state index in [4.69, 9.17) is 0 Å². The largest absolute Gasteiger partial charge is 0.338 e. The summed E-state index contributed by atoms with van der Waals surface area (Å²) < 4.78 is 23.6. The molecule has 0 radical (unpaired) electrons. The van der Waals surface area contributed by atoms with E-state index in [0.29, 0.717) is 24.6 Å². The van der Waals surface area contributed by atoms with Crippen molar-refractivity contribution in [2.45, 2.75) is 33.2 Å². The van der Waals surface area contributed by atoms with E-state index in [2.05, 4.69) is 26.7 Å². The van der Waals surface area contributed by atoms with E-state index in [-0.39, 0.29) is 23.5 Å². The summed E-state index contributed by atoms with van der Waals surface area (Å²) in [6.07, 6.45) is 0.498. The summed E-state index contributed by atoms with van der Waals surface area (Å²) in [5.41, 5.74) is 1.10.